The molecule has 4 heteroatoms. The molecule has 1 aromatic heterocycles. The summed E-state index contributed by atoms with van der Waals surface area (Å²) in [5.74, 6) is -0.374. The molecule has 1 rings (SSSR count). The van der Waals surface area contributed by atoms with E-state index in [1.165, 1.54) is 9.75 Å². The Morgan fingerprint density at radius 1 is 1.50 bits per heavy atom. The number of carboxylic acids is 1. The summed E-state index contributed by atoms with van der Waals surface area (Å²) in [6.45, 7) is 6.76. The molecule has 0 bridgehead atoms. The van der Waals surface area contributed by atoms with Crippen molar-refractivity contribution < 1.29 is 9.90 Å². The highest BCUT2D eigenvalue weighted by Gasteiger charge is 2.17. The van der Waals surface area contributed by atoms with Gasteiger partial charge in [0.1, 0.15) is 6.04 Å². The predicted molar refractivity (Wildman–Crippen MR) is 66.8 cm³/mol. The van der Waals surface area contributed by atoms with Gasteiger partial charge < -0.3 is 5.11 Å². The largest absolute Gasteiger partial charge is 0.480 e. The van der Waals surface area contributed by atoms with Crippen molar-refractivity contribution in [2.75, 3.05) is 0 Å². The maximum atomic E-state index is 11.0. The molecule has 0 aliphatic carbocycles. The Labute approximate surface area is 100 Å². The zero-order valence-electron chi connectivity index (χ0n) is 9.99. The Morgan fingerprint density at radius 3 is 2.62 bits per heavy atom. The first kappa shape index (κ1) is 13.2. The molecule has 0 saturated heterocycles. The molecule has 3 nitrogen and oxygen atoms in total. The summed E-state index contributed by atoms with van der Waals surface area (Å²) in [6.07, 6.45) is 0.666. The maximum absolute atomic E-state index is 11.0. The van der Waals surface area contributed by atoms with E-state index < -0.39 is 12.0 Å². The lowest BCUT2D eigenvalue weighted by Crippen LogP contribution is -2.37. The summed E-state index contributed by atoms with van der Waals surface area (Å²) in [6, 6.07) is 3.66. The second-order valence-corrected chi connectivity index (χ2v) is 5.79. The molecule has 0 radical (unpaired) electrons. The number of aliphatic carboxylic acids is 1. The maximum Gasteiger partial charge on any atom is 0.320 e. The van der Waals surface area contributed by atoms with Crippen molar-refractivity contribution in [1.29, 1.82) is 0 Å². The van der Waals surface area contributed by atoms with Gasteiger partial charge in [0.25, 0.3) is 0 Å². The molecule has 0 aliphatic heterocycles. The van der Waals surface area contributed by atoms with Gasteiger partial charge in [-0.2, -0.15) is 0 Å². The fourth-order valence-electron chi connectivity index (χ4n) is 1.55. The van der Waals surface area contributed by atoms with Gasteiger partial charge >= 0.3 is 5.97 Å². The number of aryl methyl sites for hydroxylation is 1. The SMILES string of the molecule is Cc1ccc(CNC(CC(C)C)C(=O)O)s1. The minimum Gasteiger partial charge on any atom is -0.480 e. The van der Waals surface area contributed by atoms with Crippen molar-refractivity contribution >= 4 is 17.3 Å². The fourth-order valence-corrected chi connectivity index (χ4v) is 2.39. The van der Waals surface area contributed by atoms with Crippen LogP contribution in [0, 0.1) is 12.8 Å². The molecule has 0 fully saturated rings. The fraction of sp³-hybridized carbons (Fsp3) is 0.583. The zero-order valence-corrected chi connectivity index (χ0v) is 10.8. The monoisotopic (exact) mass is 241 g/mol. The van der Waals surface area contributed by atoms with Gasteiger partial charge in [-0.05, 0) is 31.4 Å². The highest BCUT2D eigenvalue weighted by Crippen LogP contribution is 2.15. The molecule has 16 heavy (non-hydrogen) atoms. The number of nitrogens with one attached hydrogen (secondary N) is 1. The molecule has 0 aliphatic rings. The van der Waals surface area contributed by atoms with Gasteiger partial charge in [0.15, 0.2) is 0 Å². The number of carbonyl (C=O) groups is 1. The van der Waals surface area contributed by atoms with Gasteiger partial charge in [-0.25, -0.2) is 0 Å². The van der Waals surface area contributed by atoms with Gasteiger partial charge in [-0.1, -0.05) is 13.8 Å². The molecule has 2 N–H and O–H groups in total. The van der Waals surface area contributed by atoms with Crippen LogP contribution in [0.1, 0.15) is 30.0 Å². The standard InChI is InChI=1S/C12H19NO2S/c1-8(2)6-11(12(14)15)13-7-10-5-4-9(3)16-10/h4-5,8,11,13H,6-7H2,1-3H3,(H,14,15). The van der Waals surface area contributed by atoms with Gasteiger partial charge in [-0.3, -0.25) is 10.1 Å². The van der Waals surface area contributed by atoms with E-state index in [0.717, 1.165) is 0 Å². The van der Waals surface area contributed by atoms with Crippen LogP contribution in [0.4, 0.5) is 0 Å². The average Bonchev–Trinajstić information content (AvgIpc) is 2.58. The molecule has 0 spiro atoms. The van der Waals surface area contributed by atoms with Crippen molar-refractivity contribution in [2.24, 2.45) is 5.92 Å². The molecular formula is C12H19NO2S. The molecule has 1 heterocycles. The van der Waals surface area contributed by atoms with Crippen LogP contribution in [0.15, 0.2) is 12.1 Å². The summed E-state index contributed by atoms with van der Waals surface area (Å²) in [7, 11) is 0. The minimum absolute atomic E-state index is 0.388. The Balaban J connectivity index is 2.46. The van der Waals surface area contributed by atoms with Gasteiger partial charge in [0.05, 0.1) is 0 Å². The van der Waals surface area contributed by atoms with E-state index in [4.69, 9.17) is 5.11 Å². The average molecular weight is 241 g/mol. The molecule has 0 amide bonds. The second-order valence-electron chi connectivity index (χ2n) is 4.41. The normalized spacial score (nSPS) is 13.0. The topological polar surface area (TPSA) is 49.3 Å². The predicted octanol–water partition coefficient (Wildman–Crippen LogP) is 2.65. The quantitative estimate of drug-likeness (QED) is 0.805. The van der Waals surface area contributed by atoms with Gasteiger partial charge in [0.2, 0.25) is 0 Å². The first-order chi connectivity index (χ1) is 7.49. The number of carboxylic acid groups (broad SMARTS) is 1. The van der Waals surface area contributed by atoms with Crippen LogP contribution in [0.3, 0.4) is 0 Å². The van der Waals surface area contributed by atoms with Crippen LogP contribution in [0.5, 0.6) is 0 Å². The summed E-state index contributed by atoms with van der Waals surface area (Å²) < 4.78 is 0. The molecule has 1 aromatic rings. The van der Waals surface area contributed by atoms with Crippen LogP contribution < -0.4 is 5.32 Å². The molecular weight excluding hydrogens is 222 g/mol. The summed E-state index contributed by atoms with van der Waals surface area (Å²) in [5, 5.41) is 12.1. The third kappa shape index (κ3) is 4.33. The molecule has 1 atom stereocenters. The van der Waals surface area contributed by atoms with E-state index in [9.17, 15) is 4.79 Å². The molecule has 1 unspecified atom stereocenters. The van der Waals surface area contributed by atoms with Crippen molar-refractivity contribution in [3.8, 4) is 0 Å². The van der Waals surface area contributed by atoms with Crippen molar-refractivity contribution in [2.45, 2.75) is 39.8 Å². The third-order valence-electron chi connectivity index (χ3n) is 2.32. The molecule has 0 saturated carbocycles. The van der Waals surface area contributed by atoms with Gasteiger partial charge in [-0.15, -0.1) is 11.3 Å². The lowest BCUT2D eigenvalue weighted by Gasteiger charge is -2.15. The highest BCUT2D eigenvalue weighted by molar-refractivity contribution is 7.11. The lowest BCUT2D eigenvalue weighted by atomic mass is 10.0. The number of thiophene rings is 1. The molecule has 0 aromatic carbocycles. The Morgan fingerprint density at radius 2 is 2.19 bits per heavy atom. The zero-order chi connectivity index (χ0) is 12.1. The number of rotatable bonds is 6. The first-order valence-electron chi connectivity index (χ1n) is 5.50. The minimum atomic E-state index is -0.762. The Hall–Kier alpha value is -0.870. The van der Waals surface area contributed by atoms with E-state index in [-0.39, 0.29) is 0 Å². The summed E-state index contributed by atoms with van der Waals surface area (Å²) >= 11 is 1.70. The number of hydrogen-bond donors (Lipinski definition) is 2. The summed E-state index contributed by atoms with van der Waals surface area (Å²) in [5.41, 5.74) is 0. The smallest absolute Gasteiger partial charge is 0.320 e. The van der Waals surface area contributed by atoms with E-state index in [2.05, 4.69) is 18.3 Å². The van der Waals surface area contributed by atoms with Crippen LogP contribution in [0.2, 0.25) is 0 Å². The number of hydrogen-bond acceptors (Lipinski definition) is 3. The first-order valence-corrected chi connectivity index (χ1v) is 6.32. The second kappa shape index (κ2) is 6.01. The van der Waals surface area contributed by atoms with Crippen LogP contribution in [-0.4, -0.2) is 17.1 Å². The molecule has 90 valence electrons. The van der Waals surface area contributed by atoms with Crippen LogP contribution in [0.25, 0.3) is 0 Å². The summed E-state index contributed by atoms with van der Waals surface area (Å²) in [4.78, 5) is 13.4. The highest BCUT2D eigenvalue weighted by atomic mass is 32.1. The van der Waals surface area contributed by atoms with E-state index in [0.29, 0.717) is 18.9 Å². The Kier molecular flexibility index (Phi) is 4.96. The van der Waals surface area contributed by atoms with Crippen molar-refractivity contribution in [3.05, 3.63) is 21.9 Å². The lowest BCUT2D eigenvalue weighted by molar-refractivity contribution is -0.139. The van der Waals surface area contributed by atoms with Gasteiger partial charge in [0, 0.05) is 16.3 Å². The van der Waals surface area contributed by atoms with Crippen LogP contribution in [-0.2, 0) is 11.3 Å². The van der Waals surface area contributed by atoms with Crippen molar-refractivity contribution in [1.82, 2.24) is 5.32 Å². The van der Waals surface area contributed by atoms with E-state index in [1.54, 1.807) is 11.3 Å². The Bertz CT molecular complexity index is 347. The van der Waals surface area contributed by atoms with E-state index in [1.807, 2.05) is 19.9 Å². The van der Waals surface area contributed by atoms with Crippen molar-refractivity contribution in [3.63, 3.8) is 0 Å². The van der Waals surface area contributed by atoms with Crippen LogP contribution >= 0.6 is 11.3 Å². The third-order valence-corrected chi connectivity index (χ3v) is 3.32. The van der Waals surface area contributed by atoms with E-state index >= 15 is 0 Å².